The molecule has 40 heavy (non-hydrogen) atoms. The zero-order valence-corrected chi connectivity index (χ0v) is 22.4. The first-order chi connectivity index (χ1) is 18.8. The highest BCUT2D eigenvalue weighted by molar-refractivity contribution is 5.95. The molecular weight excluding hydrogens is 522 g/mol. The van der Waals surface area contributed by atoms with Crippen LogP contribution in [0.4, 0.5) is 0 Å². The second-order valence-corrected chi connectivity index (χ2v) is 9.87. The maximum atomic E-state index is 13.3. The minimum Gasteiger partial charge on any atom is -0.480 e. The second-order valence-electron chi connectivity index (χ2n) is 9.87. The van der Waals surface area contributed by atoms with Crippen LogP contribution in [0.1, 0.15) is 45.1 Å². The number of benzene rings is 1. The highest BCUT2D eigenvalue weighted by Gasteiger charge is 2.32. The number of aliphatic carboxylic acids is 1. The van der Waals surface area contributed by atoms with Gasteiger partial charge in [-0.05, 0) is 30.4 Å². The molecule has 14 heteroatoms. The highest BCUT2D eigenvalue weighted by Crippen LogP contribution is 2.19. The third-order valence-electron chi connectivity index (χ3n) is 6.31. The van der Waals surface area contributed by atoms with Crippen LogP contribution in [0.5, 0.6) is 0 Å². The normalized spacial score (nSPS) is 14.1. The Morgan fingerprint density at radius 3 is 2.05 bits per heavy atom. The molecule has 2 aromatic rings. The first-order valence-corrected chi connectivity index (χ1v) is 12.8. The second kappa shape index (κ2) is 14.6. The minimum absolute atomic E-state index is 0.0128. The summed E-state index contributed by atoms with van der Waals surface area (Å²) in [7, 11) is 0. The van der Waals surface area contributed by atoms with E-state index in [-0.39, 0.29) is 32.1 Å². The van der Waals surface area contributed by atoms with Crippen molar-refractivity contribution in [2.75, 3.05) is 0 Å². The summed E-state index contributed by atoms with van der Waals surface area (Å²) in [5.41, 5.74) is 17.5. The van der Waals surface area contributed by atoms with Gasteiger partial charge in [-0.15, -0.1) is 0 Å². The molecule has 0 aliphatic carbocycles. The Hall–Kier alpha value is -4.46. The van der Waals surface area contributed by atoms with E-state index < -0.39 is 65.6 Å². The van der Waals surface area contributed by atoms with Crippen molar-refractivity contribution in [2.45, 2.75) is 70.1 Å². The topological polar surface area (TPSA) is 253 Å². The number of para-hydroxylation sites is 1. The Morgan fingerprint density at radius 2 is 1.45 bits per heavy atom. The van der Waals surface area contributed by atoms with Crippen LogP contribution in [0.3, 0.4) is 0 Å². The Balaban J connectivity index is 2.28. The molecule has 0 saturated heterocycles. The van der Waals surface area contributed by atoms with Crippen molar-refractivity contribution in [3.05, 3.63) is 36.0 Å². The number of carboxylic acids is 1. The predicted octanol–water partition coefficient (Wildman–Crippen LogP) is -1.24. The summed E-state index contributed by atoms with van der Waals surface area (Å²) < 4.78 is 0. The summed E-state index contributed by atoms with van der Waals surface area (Å²) in [6.45, 7) is 3.36. The lowest BCUT2D eigenvalue weighted by Gasteiger charge is -2.27. The fraction of sp³-hybridized carbons (Fsp3) is 0.462. The number of rotatable bonds is 16. The zero-order chi connectivity index (χ0) is 30.0. The number of carbonyl (C=O) groups is 6. The molecule has 2 rings (SSSR count). The Labute approximate surface area is 230 Å². The lowest BCUT2D eigenvalue weighted by molar-refractivity contribution is -0.142. The Kier molecular flexibility index (Phi) is 11.6. The number of hydrogen-bond acceptors (Lipinski definition) is 7. The van der Waals surface area contributed by atoms with E-state index in [9.17, 15) is 33.9 Å². The van der Waals surface area contributed by atoms with Gasteiger partial charge in [-0.3, -0.25) is 24.0 Å². The molecular formula is C26H37N7O7. The average Bonchev–Trinajstić information content (AvgIpc) is 3.29. The third kappa shape index (κ3) is 9.38. The number of nitrogens with one attached hydrogen (secondary N) is 4. The summed E-state index contributed by atoms with van der Waals surface area (Å²) in [4.78, 5) is 76.2. The first kappa shape index (κ1) is 31.8. The number of amides is 5. The van der Waals surface area contributed by atoms with E-state index in [1.165, 1.54) is 0 Å². The largest absolute Gasteiger partial charge is 0.480 e. The molecule has 5 amide bonds. The predicted molar refractivity (Wildman–Crippen MR) is 145 cm³/mol. The molecule has 4 unspecified atom stereocenters. The molecule has 0 fully saturated rings. The molecule has 0 aliphatic heterocycles. The van der Waals surface area contributed by atoms with Crippen LogP contribution in [0.2, 0.25) is 0 Å². The van der Waals surface area contributed by atoms with Gasteiger partial charge in [-0.2, -0.15) is 0 Å². The number of carbonyl (C=O) groups excluding carboxylic acids is 5. The molecule has 1 aromatic heterocycles. The number of aromatic nitrogens is 1. The van der Waals surface area contributed by atoms with Gasteiger partial charge in [0, 0.05) is 36.4 Å². The lowest BCUT2D eigenvalue weighted by atomic mass is 9.99. The van der Waals surface area contributed by atoms with Gasteiger partial charge in [0.05, 0.1) is 6.04 Å². The maximum absolute atomic E-state index is 13.3. The quantitative estimate of drug-likeness (QED) is 0.123. The molecule has 0 bridgehead atoms. The number of H-pyrrole nitrogens is 1. The van der Waals surface area contributed by atoms with Crippen molar-refractivity contribution in [1.82, 2.24) is 20.9 Å². The van der Waals surface area contributed by atoms with Crippen LogP contribution >= 0.6 is 0 Å². The molecule has 0 radical (unpaired) electrons. The number of carboxylic acid groups (broad SMARTS) is 1. The van der Waals surface area contributed by atoms with Crippen LogP contribution in [0, 0.1) is 5.92 Å². The summed E-state index contributed by atoms with van der Waals surface area (Å²) in [5.74, 6) is -5.32. The number of hydrogen-bond donors (Lipinski definition) is 8. The van der Waals surface area contributed by atoms with Crippen molar-refractivity contribution in [3.8, 4) is 0 Å². The number of fused-ring (bicyclic) bond motifs is 1. The standard InChI is InChI=1S/C26H37N7O7/c1-13(2)22(33-23(36)16(27)7-9-20(28)34)25(38)32-19(11-14-12-30-17-6-4-3-5-15(14)17)24(37)31-18(26(39)40)8-10-21(29)35/h3-6,12-13,16,18-19,22,30H,7-11,27H2,1-2H3,(H2,28,34)(H2,29,35)(H,31,37)(H,32,38)(H,33,36)(H,39,40). The summed E-state index contributed by atoms with van der Waals surface area (Å²) in [6, 6.07) is 2.44. The van der Waals surface area contributed by atoms with E-state index in [4.69, 9.17) is 17.2 Å². The van der Waals surface area contributed by atoms with Crippen LogP contribution in [0.15, 0.2) is 30.5 Å². The molecule has 0 spiro atoms. The van der Waals surface area contributed by atoms with Gasteiger partial charge in [-0.25, -0.2) is 4.79 Å². The summed E-state index contributed by atoms with van der Waals surface area (Å²) in [6.07, 6.45) is 1.03. The fourth-order valence-electron chi connectivity index (χ4n) is 4.03. The monoisotopic (exact) mass is 559 g/mol. The van der Waals surface area contributed by atoms with E-state index in [1.807, 2.05) is 24.3 Å². The van der Waals surface area contributed by atoms with Gasteiger partial charge in [0.25, 0.3) is 0 Å². The molecule has 14 nitrogen and oxygen atoms in total. The summed E-state index contributed by atoms with van der Waals surface area (Å²) >= 11 is 0. The van der Waals surface area contributed by atoms with Crippen molar-refractivity contribution in [1.29, 1.82) is 0 Å². The number of aromatic amines is 1. The van der Waals surface area contributed by atoms with Crippen molar-refractivity contribution in [2.24, 2.45) is 23.1 Å². The molecule has 11 N–H and O–H groups in total. The molecule has 1 heterocycles. The highest BCUT2D eigenvalue weighted by atomic mass is 16.4. The van der Waals surface area contributed by atoms with Crippen molar-refractivity contribution < 1.29 is 33.9 Å². The Morgan fingerprint density at radius 1 is 0.850 bits per heavy atom. The first-order valence-electron chi connectivity index (χ1n) is 12.8. The smallest absolute Gasteiger partial charge is 0.326 e. The van der Waals surface area contributed by atoms with Gasteiger partial charge in [0.15, 0.2) is 0 Å². The molecule has 1 aromatic carbocycles. The van der Waals surface area contributed by atoms with Crippen LogP contribution in [-0.4, -0.2) is 69.8 Å². The third-order valence-corrected chi connectivity index (χ3v) is 6.31. The van der Waals surface area contributed by atoms with Crippen LogP contribution in [-0.2, 0) is 35.2 Å². The van der Waals surface area contributed by atoms with Gasteiger partial charge in [-0.1, -0.05) is 32.0 Å². The zero-order valence-electron chi connectivity index (χ0n) is 22.4. The van der Waals surface area contributed by atoms with E-state index in [1.54, 1.807) is 20.0 Å². The van der Waals surface area contributed by atoms with E-state index in [2.05, 4.69) is 20.9 Å². The number of nitrogens with two attached hydrogens (primary N) is 3. The molecule has 4 atom stereocenters. The van der Waals surface area contributed by atoms with Gasteiger partial charge in [0.1, 0.15) is 18.1 Å². The van der Waals surface area contributed by atoms with Crippen LogP contribution in [0.25, 0.3) is 10.9 Å². The van der Waals surface area contributed by atoms with Gasteiger partial charge in [0.2, 0.25) is 29.5 Å². The van der Waals surface area contributed by atoms with Crippen LogP contribution < -0.4 is 33.2 Å². The van der Waals surface area contributed by atoms with E-state index in [0.29, 0.717) is 5.56 Å². The maximum Gasteiger partial charge on any atom is 0.326 e. The van der Waals surface area contributed by atoms with Gasteiger partial charge < -0.3 is 43.2 Å². The molecule has 0 saturated carbocycles. The van der Waals surface area contributed by atoms with Gasteiger partial charge >= 0.3 is 5.97 Å². The minimum atomic E-state index is -1.42. The van der Waals surface area contributed by atoms with E-state index >= 15 is 0 Å². The average molecular weight is 560 g/mol. The lowest BCUT2D eigenvalue weighted by Crippen LogP contribution is -2.59. The SMILES string of the molecule is CC(C)C(NC(=O)C(N)CCC(N)=O)C(=O)NC(Cc1c[nH]c2ccccc12)C(=O)NC(CCC(N)=O)C(=O)O. The number of primary amides is 2. The Bertz CT molecular complexity index is 1240. The summed E-state index contributed by atoms with van der Waals surface area (Å²) in [5, 5.41) is 17.9. The molecule has 0 aliphatic rings. The molecule has 218 valence electrons. The van der Waals surface area contributed by atoms with Crippen molar-refractivity contribution in [3.63, 3.8) is 0 Å². The van der Waals surface area contributed by atoms with E-state index in [0.717, 1.165) is 10.9 Å². The van der Waals surface area contributed by atoms with Crippen molar-refractivity contribution >= 4 is 46.4 Å². The fourth-order valence-corrected chi connectivity index (χ4v) is 4.03.